The molecule has 2 aromatic carbocycles. The number of ether oxygens (including phenoxy) is 1. The Hall–Kier alpha value is -4.20. The quantitative estimate of drug-likeness (QED) is 0.646. The van der Waals surface area contributed by atoms with Crippen molar-refractivity contribution in [3.8, 4) is 5.75 Å². The lowest BCUT2D eigenvalue weighted by Crippen LogP contribution is -2.49. The number of carbonyl (C=O) groups excluding carboxylic acids is 3. The number of hydrogen-bond acceptors (Lipinski definition) is 5. The molecule has 3 amide bonds. The normalized spacial score (nSPS) is 17.7. The predicted molar refractivity (Wildman–Crippen MR) is 123 cm³/mol. The topological polar surface area (TPSA) is 101 Å². The van der Waals surface area contributed by atoms with Crippen LogP contribution in [0.1, 0.15) is 39.3 Å². The predicted octanol–water partition coefficient (Wildman–Crippen LogP) is 3.24. The van der Waals surface area contributed by atoms with Crippen LogP contribution in [0, 0.1) is 0 Å². The second-order valence-corrected chi connectivity index (χ2v) is 8.19. The lowest BCUT2D eigenvalue weighted by molar-refractivity contribution is -0.126. The summed E-state index contributed by atoms with van der Waals surface area (Å²) in [6, 6.07) is 11.9. The maximum atomic E-state index is 12.9. The standard InChI is InChI=1S/C25H22N4O4/c1-14-3-8-22(24(31)27-14)29-13-17-9-18(5-7-20(17)25(29)32)28-23(30)21-11-15-4-6-19(33-2)10-16(15)12-26-21/h4-7,9-12,22H,1,3,8,13H2,2H3,(H,27,31)(H,28,30). The first kappa shape index (κ1) is 20.7. The molecule has 0 saturated carbocycles. The van der Waals surface area contributed by atoms with Crippen molar-refractivity contribution in [3.63, 3.8) is 0 Å². The summed E-state index contributed by atoms with van der Waals surface area (Å²) >= 11 is 0. The first-order valence-corrected chi connectivity index (χ1v) is 10.6. The van der Waals surface area contributed by atoms with Crippen LogP contribution in [0.5, 0.6) is 5.75 Å². The van der Waals surface area contributed by atoms with Crippen LogP contribution >= 0.6 is 0 Å². The van der Waals surface area contributed by atoms with Crippen molar-refractivity contribution in [2.75, 3.05) is 12.4 Å². The molecule has 1 fully saturated rings. The number of benzene rings is 2. The van der Waals surface area contributed by atoms with Crippen LogP contribution in [0.3, 0.4) is 0 Å². The van der Waals surface area contributed by atoms with Crippen LogP contribution in [-0.4, -0.2) is 40.8 Å². The highest BCUT2D eigenvalue weighted by atomic mass is 16.5. The van der Waals surface area contributed by atoms with Gasteiger partial charge in [-0.25, -0.2) is 0 Å². The van der Waals surface area contributed by atoms with Gasteiger partial charge in [0.25, 0.3) is 11.8 Å². The van der Waals surface area contributed by atoms with E-state index in [1.807, 2.05) is 18.2 Å². The minimum atomic E-state index is -0.520. The summed E-state index contributed by atoms with van der Waals surface area (Å²) in [5, 5.41) is 7.33. The fourth-order valence-electron chi connectivity index (χ4n) is 4.30. The molecular formula is C25H22N4O4. The van der Waals surface area contributed by atoms with E-state index < -0.39 is 6.04 Å². The zero-order valence-electron chi connectivity index (χ0n) is 18.1. The molecule has 2 N–H and O–H groups in total. The van der Waals surface area contributed by atoms with E-state index in [0.29, 0.717) is 36.3 Å². The molecule has 166 valence electrons. The number of amides is 3. The van der Waals surface area contributed by atoms with Gasteiger partial charge < -0.3 is 20.3 Å². The van der Waals surface area contributed by atoms with Gasteiger partial charge in [-0.1, -0.05) is 12.6 Å². The molecule has 5 rings (SSSR count). The van der Waals surface area contributed by atoms with Gasteiger partial charge in [-0.2, -0.15) is 0 Å². The molecule has 0 spiro atoms. The first-order chi connectivity index (χ1) is 15.9. The van der Waals surface area contributed by atoms with E-state index >= 15 is 0 Å². The number of nitrogens with zero attached hydrogens (tertiary/aromatic N) is 2. The third-order valence-corrected chi connectivity index (χ3v) is 6.06. The summed E-state index contributed by atoms with van der Waals surface area (Å²) < 4.78 is 5.22. The van der Waals surface area contributed by atoms with Gasteiger partial charge in [0.2, 0.25) is 5.91 Å². The number of nitrogens with one attached hydrogen (secondary N) is 2. The smallest absolute Gasteiger partial charge is 0.274 e. The Morgan fingerprint density at radius 3 is 2.82 bits per heavy atom. The molecule has 2 aliphatic heterocycles. The molecule has 3 heterocycles. The van der Waals surface area contributed by atoms with Crippen molar-refractivity contribution < 1.29 is 19.1 Å². The molecule has 33 heavy (non-hydrogen) atoms. The van der Waals surface area contributed by atoms with Gasteiger partial charge in [-0.15, -0.1) is 0 Å². The summed E-state index contributed by atoms with van der Waals surface area (Å²) in [6.07, 6.45) is 2.83. The molecule has 1 saturated heterocycles. The van der Waals surface area contributed by atoms with Gasteiger partial charge in [-0.3, -0.25) is 19.4 Å². The Morgan fingerprint density at radius 2 is 2.03 bits per heavy atom. The Balaban J connectivity index is 1.33. The second-order valence-electron chi connectivity index (χ2n) is 8.19. The molecule has 1 aromatic heterocycles. The van der Waals surface area contributed by atoms with Gasteiger partial charge >= 0.3 is 0 Å². The zero-order chi connectivity index (χ0) is 23.1. The number of pyridine rings is 1. The number of carbonyl (C=O) groups is 3. The lowest BCUT2D eigenvalue weighted by atomic mass is 10.0. The largest absolute Gasteiger partial charge is 0.497 e. The summed E-state index contributed by atoms with van der Waals surface area (Å²) in [7, 11) is 1.60. The molecular weight excluding hydrogens is 420 g/mol. The van der Waals surface area contributed by atoms with E-state index in [1.54, 1.807) is 42.5 Å². The summed E-state index contributed by atoms with van der Waals surface area (Å²) in [5.41, 5.74) is 2.83. The maximum Gasteiger partial charge on any atom is 0.274 e. The Labute approximate surface area is 190 Å². The van der Waals surface area contributed by atoms with Crippen molar-refractivity contribution in [3.05, 3.63) is 77.8 Å². The van der Waals surface area contributed by atoms with Gasteiger partial charge in [0, 0.05) is 35.1 Å². The first-order valence-electron chi connectivity index (χ1n) is 10.6. The molecule has 8 nitrogen and oxygen atoms in total. The van der Waals surface area contributed by atoms with Crippen LogP contribution in [0.2, 0.25) is 0 Å². The fourth-order valence-corrected chi connectivity index (χ4v) is 4.30. The van der Waals surface area contributed by atoms with Crippen LogP contribution in [0.4, 0.5) is 5.69 Å². The molecule has 1 unspecified atom stereocenters. The van der Waals surface area contributed by atoms with E-state index in [4.69, 9.17) is 4.74 Å². The van der Waals surface area contributed by atoms with Gasteiger partial charge in [0.1, 0.15) is 17.5 Å². The average molecular weight is 442 g/mol. The highest BCUT2D eigenvalue weighted by molar-refractivity contribution is 6.06. The minimum Gasteiger partial charge on any atom is -0.497 e. The van der Waals surface area contributed by atoms with E-state index in [1.165, 1.54) is 0 Å². The maximum absolute atomic E-state index is 12.9. The minimum absolute atomic E-state index is 0.179. The van der Waals surface area contributed by atoms with Crippen molar-refractivity contribution in [1.29, 1.82) is 0 Å². The third-order valence-electron chi connectivity index (χ3n) is 6.06. The molecule has 0 aliphatic carbocycles. The SMILES string of the molecule is C=C1CCC(N2Cc3cc(NC(=O)c4cc5ccc(OC)cc5cn4)ccc3C2=O)C(=O)N1. The molecule has 2 aliphatic rings. The average Bonchev–Trinajstić information content (AvgIpc) is 3.13. The summed E-state index contributed by atoms with van der Waals surface area (Å²) in [4.78, 5) is 43.9. The van der Waals surface area contributed by atoms with Crippen molar-refractivity contribution in [1.82, 2.24) is 15.2 Å². The zero-order valence-corrected chi connectivity index (χ0v) is 18.1. The molecule has 1 atom stereocenters. The molecule has 0 bridgehead atoms. The number of hydrogen-bond donors (Lipinski definition) is 2. The number of methoxy groups -OCH3 is 1. The number of fused-ring (bicyclic) bond motifs is 2. The molecule has 3 aromatic rings. The van der Waals surface area contributed by atoms with Crippen molar-refractivity contribution in [2.45, 2.75) is 25.4 Å². The summed E-state index contributed by atoms with van der Waals surface area (Å²) in [5.74, 6) is -0.0130. The Bertz CT molecular complexity index is 1330. The van der Waals surface area contributed by atoms with E-state index in [0.717, 1.165) is 22.1 Å². The summed E-state index contributed by atoms with van der Waals surface area (Å²) in [6.45, 7) is 4.10. The van der Waals surface area contributed by atoms with E-state index in [9.17, 15) is 14.4 Å². The monoisotopic (exact) mass is 442 g/mol. The number of aromatic nitrogens is 1. The van der Waals surface area contributed by atoms with E-state index in [-0.39, 0.29) is 23.4 Å². The van der Waals surface area contributed by atoms with Crippen LogP contribution in [-0.2, 0) is 11.3 Å². The van der Waals surface area contributed by atoms with Crippen LogP contribution in [0.25, 0.3) is 10.8 Å². The van der Waals surface area contributed by atoms with Crippen LogP contribution in [0.15, 0.2) is 60.9 Å². The number of piperidine rings is 1. The van der Waals surface area contributed by atoms with Gasteiger partial charge in [0.05, 0.1) is 7.11 Å². The number of allylic oxidation sites excluding steroid dienone is 1. The molecule has 0 radical (unpaired) electrons. The highest BCUT2D eigenvalue weighted by Crippen LogP contribution is 2.30. The van der Waals surface area contributed by atoms with Crippen molar-refractivity contribution >= 4 is 34.2 Å². The fraction of sp³-hybridized carbons (Fsp3) is 0.200. The van der Waals surface area contributed by atoms with Crippen LogP contribution < -0.4 is 15.4 Å². The Morgan fingerprint density at radius 1 is 1.18 bits per heavy atom. The van der Waals surface area contributed by atoms with Crippen molar-refractivity contribution in [2.24, 2.45) is 0 Å². The van der Waals surface area contributed by atoms with Gasteiger partial charge in [-0.05, 0) is 60.2 Å². The highest BCUT2D eigenvalue weighted by Gasteiger charge is 2.38. The number of anilines is 1. The second kappa shape index (κ2) is 8.05. The van der Waals surface area contributed by atoms with Gasteiger partial charge in [0.15, 0.2) is 0 Å². The molecule has 8 heteroatoms. The lowest BCUT2D eigenvalue weighted by Gasteiger charge is -2.30. The number of rotatable bonds is 4. The van der Waals surface area contributed by atoms with E-state index in [2.05, 4.69) is 22.2 Å². The Kier molecular flexibility index (Phi) is 5.05. The third kappa shape index (κ3) is 3.80.